The minimum Gasteiger partial charge on any atom is -0.378 e. The maximum Gasteiger partial charge on any atom is 0.329 e. The first-order valence-electron chi connectivity index (χ1n) is 6.31. The van der Waals surface area contributed by atoms with Crippen molar-refractivity contribution in [1.82, 2.24) is 14.5 Å². The van der Waals surface area contributed by atoms with Crippen LogP contribution in [-0.2, 0) is 4.74 Å². The lowest BCUT2D eigenvalue weighted by Crippen LogP contribution is -2.42. The fourth-order valence-corrected chi connectivity index (χ4v) is 2.10. The number of carbonyl (C=O) groups is 1. The van der Waals surface area contributed by atoms with Gasteiger partial charge in [0.1, 0.15) is 6.33 Å². The van der Waals surface area contributed by atoms with E-state index in [2.05, 4.69) is 4.98 Å². The van der Waals surface area contributed by atoms with Gasteiger partial charge < -0.3 is 9.64 Å². The quantitative estimate of drug-likeness (QED) is 0.783. The van der Waals surface area contributed by atoms with E-state index in [1.165, 1.54) is 4.57 Å². The third-order valence-corrected chi connectivity index (χ3v) is 3.15. The molecule has 0 N–H and O–H groups in total. The zero-order chi connectivity index (χ0) is 13.1. The molecule has 2 heterocycles. The molecule has 0 saturated carbocycles. The average molecular weight is 257 g/mol. The Hall–Kier alpha value is -2.14. The number of hydrogen-bond acceptors (Lipinski definition) is 3. The summed E-state index contributed by atoms with van der Waals surface area (Å²) in [5.74, 6) is 0. The third kappa shape index (κ3) is 2.51. The third-order valence-electron chi connectivity index (χ3n) is 3.15. The molecule has 5 heteroatoms. The fraction of sp³-hybridized carbons (Fsp3) is 0.286. The van der Waals surface area contributed by atoms with Gasteiger partial charge in [0.25, 0.3) is 0 Å². The molecule has 3 rings (SSSR count). The molecule has 2 aromatic rings. The minimum absolute atomic E-state index is 0.0435. The van der Waals surface area contributed by atoms with Crippen LogP contribution in [0.4, 0.5) is 4.79 Å². The highest BCUT2D eigenvalue weighted by molar-refractivity contribution is 5.78. The summed E-state index contributed by atoms with van der Waals surface area (Å²) in [7, 11) is 0. The van der Waals surface area contributed by atoms with E-state index in [1.807, 2.05) is 30.3 Å². The molecule has 5 nitrogen and oxygen atoms in total. The molecule has 19 heavy (non-hydrogen) atoms. The van der Waals surface area contributed by atoms with Gasteiger partial charge in [-0.2, -0.15) is 0 Å². The fourth-order valence-electron chi connectivity index (χ4n) is 2.10. The number of amides is 1. The number of imidazole rings is 1. The van der Waals surface area contributed by atoms with E-state index in [9.17, 15) is 4.79 Å². The summed E-state index contributed by atoms with van der Waals surface area (Å²) < 4.78 is 6.78. The Balaban J connectivity index is 1.79. The second-order valence-electron chi connectivity index (χ2n) is 4.41. The zero-order valence-corrected chi connectivity index (χ0v) is 10.5. The highest BCUT2D eigenvalue weighted by Gasteiger charge is 2.18. The topological polar surface area (TPSA) is 47.4 Å². The molecular weight excluding hydrogens is 242 g/mol. The van der Waals surface area contributed by atoms with Gasteiger partial charge in [-0.05, 0) is 0 Å². The molecule has 1 aliphatic heterocycles. The van der Waals surface area contributed by atoms with Gasteiger partial charge in [-0.25, -0.2) is 9.78 Å². The number of aromatic nitrogens is 2. The lowest BCUT2D eigenvalue weighted by Gasteiger charge is -2.26. The number of morpholine rings is 1. The molecule has 1 aromatic heterocycles. The summed E-state index contributed by atoms with van der Waals surface area (Å²) >= 11 is 0. The van der Waals surface area contributed by atoms with Gasteiger partial charge in [-0.1, -0.05) is 30.3 Å². The standard InChI is InChI=1S/C14H15N3O2/c18-14(16-6-8-19-9-7-16)17-10-13(15-11-17)12-4-2-1-3-5-12/h1-5,10-11H,6-9H2. The van der Waals surface area contributed by atoms with Crippen molar-refractivity contribution in [3.63, 3.8) is 0 Å². The van der Waals surface area contributed by atoms with E-state index < -0.39 is 0 Å². The van der Waals surface area contributed by atoms with Crippen molar-refractivity contribution in [3.05, 3.63) is 42.9 Å². The van der Waals surface area contributed by atoms with Gasteiger partial charge in [-0.3, -0.25) is 4.57 Å². The largest absolute Gasteiger partial charge is 0.378 e. The predicted molar refractivity (Wildman–Crippen MR) is 70.8 cm³/mol. The van der Waals surface area contributed by atoms with Crippen molar-refractivity contribution >= 4 is 6.03 Å². The molecule has 1 saturated heterocycles. The smallest absolute Gasteiger partial charge is 0.329 e. The van der Waals surface area contributed by atoms with Gasteiger partial charge in [0.15, 0.2) is 0 Å². The molecule has 1 aromatic carbocycles. The molecule has 0 unspecified atom stereocenters. The Morgan fingerprint density at radius 1 is 1.16 bits per heavy atom. The Morgan fingerprint density at radius 2 is 1.89 bits per heavy atom. The van der Waals surface area contributed by atoms with Crippen molar-refractivity contribution in [2.45, 2.75) is 0 Å². The summed E-state index contributed by atoms with van der Waals surface area (Å²) in [6.45, 7) is 2.48. The van der Waals surface area contributed by atoms with Gasteiger partial charge >= 0.3 is 6.03 Å². The highest BCUT2D eigenvalue weighted by Crippen LogP contribution is 2.16. The number of benzene rings is 1. The van der Waals surface area contributed by atoms with Crippen LogP contribution < -0.4 is 0 Å². The minimum atomic E-state index is -0.0435. The zero-order valence-electron chi connectivity index (χ0n) is 10.5. The van der Waals surface area contributed by atoms with E-state index in [1.54, 1.807) is 17.4 Å². The molecule has 0 aliphatic carbocycles. The van der Waals surface area contributed by atoms with Crippen LogP contribution in [0.1, 0.15) is 0 Å². The number of hydrogen-bond donors (Lipinski definition) is 0. The summed E-state index contributed by atoms with van der Waals surface area (Å²) in [4.78, 5) is 18.3. The van der Waals surface area contributed by atoms with E-state index in [0.717, 1.165) is 11.3 Å². The van der Waals surface area contributed by atoms with Gasteiger partial charge in [-0.15, -0.1) is 0 Å². The first-order chi connectivity index (χ1) is 9.34. The summed E-state index contributed by atoms with van der Waals surface area (Å²) in [6, 6.07) is 9.78. The van der Waals surface area contributed by atoms with Crippen molar-refractivity contribution in [2.75, 3.05) is 26.3 Å². The molecular formula is C14H15N3O2. The van der Waals surface area contributed by atoms with E-state index in [-0.39, 0.29) is 6.03 Å². The van der Waals surface area contributed by atoms with Gasteiger partial charge in [0, 0.05) is 24.8 Å². The Labute approximate surface area is 111 Å². The normalized spacial score (nSPS) is 15.5. The number of nitrogens with zero attached hydrogens (tertiary/aromatic N) is 3. The van der Waals surface area contributed by atoms with Gasteiger partial charge in [0.05, 0.1) is 18.9 Å². The molecule has 1 fully saturated rings. The molecule has 0 spiro atoms. The summed E-state index contributed by atoms with van der Waals surface area (Å²) in [6.07, 6.45) is 3.34. The maximum absolute atomic E-state index is 12.2. The Bertz CT molecular complexity index is 559. The highest BCUT2D eigenvalue weighted by atomic mass is 16.5. The Kier molecular flexibility index (Phi) is 3.29. The molecule has 0 radical (unpaired) electrons. The molecule has 0 bridgehead atoms. The lowest BCUT2D eigenvalue weighted by atomic mass is 10.2. The van der Waals surface area contributed by atoms with Crippen LogP contribution in [0.3, 0.4) is 0 Å². The van der Waals surface area contributed by atoms with Crippen molar-refractivity contribution < 1.29 is 9.53 Å². The van der Waals surface area contributed by atoms with Crippen LogP contribution in [0.5, 0.6) is 0 Å². The van der Waals surface area contributed by atoms with E-state index >= 15 is 0 Å². The molecule has 98 valence electrons. The SMILES string of the molecule is O=C(N1CCOCC1)n1cnc(-c2ccccc2)c1. The lowest BCUT2D eigenvalue weighted by molar-refractivity contribution is 0.0535. The van der Waals surface area contributed by atoms with Crippen molar-refractivity contribution in [3.8, 4) is 11.3 Å². The first-order valence-corrected chi connectivity index (χ1v) is 6.31. The average Bonchev–Trinajstić information content (AvgIpc) is 2.98. The number of carbonyl (C=O) groups excluding carboxylic acids is 1. The maximum atomic E-state index is 12.2. The Morgan fingerprint density at radius 3 is 2.63 bits per heavy atom. The molecule has 1 aliphatic rings. The second kappa shape index (κ2) is 5.24. The monoisotopic (exact) mass is 257 g/mol. The first kappa shape index (κ1) is 11.9. The van der Waals surface area contributed by atoms with E-state index in [4.69, 9.17) is 4.74 Å². The van der Waals surface area contributed by atoms with Crippen molar-refractivity contribution in [2.24, 2.45) is 0 Å². The summed E-state index contributed by atoms with van der Waals surface area (Å²) in [5.41, 5.74) is 1.82. The van der Waals surface area contributed by atoms with Crippen LogP contribution in [0.15, 0.2) is 42.9 Å². The van der Waals surface area contributed by atoms with Crippen LogP contribution >= 0.6 is 0 Å². The van der Waals surface area contributed by atoms with E-state index in [0.29, 0.717) is 26.3 Å². The second-order valence-corrected chi connectivity index (χ2v) is 4.41. The number of ether oxygens (including phenoxy) is 1. The predicted octanol–water partition coefficient (Wildman–Crippen LogP) is 1.85. The molecule has 1 amide bonds. The van der Waals surface area contributed by atoms with Gasteiger partial charge in [0.2, 0.25) is 0 Å². The van der Waals surface area contributed by atoms with Crippen LogP contribution in [-0.4, -0.2) is 46.8 Å². The van der Waals surface area contributed by atoms with Crippen LogP contribution in [0.25, 0.3) is 11.3 Å². The molecule has 0 atom stereocenters. The number of rotatable bonds is 1. The van der Waals surface area contributed by atoms with Crippen LogP contribution in [0.2, 0.25) is 0 Å². The van der Waals surface area contributed by atoms with Crippen LogP contribution in [0, 0.1) is 0 Å². The van der Waals surface area contributed by atoms with Crippen molar-refractivity contribution in [1.29, 1.82) is 0 Å². The summed E-state index contributed by atoms with van der Waals surface area (Å²) in [5, 5.41) is 0.